The molecule has 23 heavy (non-hydrogen) atoms. The Labute approximate surface area is 139 Å². The minimum absolute atomic E-state index is 0.103. The van der Waals surface area contributed by atoms with Crippen LogP contribution in [-0.4, -0.2) is 34.2 Å². The molecule has 3 rings (SSSR count). The highest BCUT2D eigenvalue weighted by molar-refractivity contribution is 7.10. The van der Waals surface area contributed by atoms with Gasteiger partial charge in [-0.15, -0.1) is 11.3 Å². The topological polar surface area (TPSA) is 66.6 Å². The molecule has 2 aromatic heterocycles. The van der Waals surface area contributed by atoms with Crippen molar-refractivity contribution in [2.45, 2.75) is 38.7 Å². The third-order valence-corrected chi connectivity index (χ3v) is 5.38. The Morgan fingerprint density at radius 3 is 2.74 bits per heavy atom. The second kappa shape index (κ2) is 6.84. The molecule has 1 saturated heterocycles. The molecule has 3 heterocycles. The van der Waals surface area contributed by atoms with E-state index in [4.69, 9.17) is 4.52 Å². The molecule has 0 saturated carbocycles. The Kier molecular flexibility index (Phi) is 4.82. The Hall–Kier alpha value is -1.66. The summed E-state index contributed by atoms with van der Waals surface area (Å²) < 4.78 is 5.19. The van der Waals surface area contributed by atoms with Gasteiger partial charge in [-0.1, -0.05) is 25.1 Å². The molecule has 1 N–H and O–H groups in total. The molecule has 0 radical (unpaired) electrons. The Bertz CT molecular complexity index is 643. The van der Waals surface area contributed by atoms with Crippen molar-refractivity contribution in [1.29, 1.82) is 0 Å². The normalized spacial score (nSPS) is 17.7. The molecular weight excluding hydrogens is 312 g/mol. The molecule has 0 bridgehead atoms. The maximum Gasteiger partial charge on any atom is 0.292 e. The molecule has 0 aliphatic carbocycles. The molecule has 1 fully saturated rings. The molecule has 0 aromatic carbocycles. The maximum atomic E-state index is 12.5. The van der Waals surface area contributed by atoms with Crippen molar-refractivity contribution in [2.75, 3.05) is 13.1 Å². The highest BCUT2D eigenvalue weighted by atomic mass is 32.1. The van der Waals surface area contributed by atoms with Crippen LogP contribution >= 0.6 is 11.3 Å². The summed E-state index contributed by atoms with van der Waals surface area (Å²) >= 11 is 1.58. The van der Waals surface area contributed by atoms with Crippen LogP contribution in [0, 0.1) is 5.92 Å². The summed E-state index contributed by atoms with van der Waals surface area (Å²) in [4.78, 5) is 15.3. The lowest BCUT2D eigenvalue weighted by molar-refractivity contribution is 0.0447. The SMILES string of the molecule is CC(C)c1cc(C(=O)N2CCC([C@H](O)c3cccs3)CC2)on1. The van der Waals surface area contributed by atoms with Crippen LogP contribution in [0.5, 0.6) is 0 Å². The fraction of sp³-hybridized carbons (Fsp3) is 0.529. The van der Waals surface area contributed by atoms with Gasteiger partial charge >= 0.3 is 0 Å². The first kappa shape index (κ1) is 16.2. The number of rotatable bonds is 4. The van der Waals surface area contributed by atoms with E-state index in [1.807, 2.05) is 31.4 Å². The van der Waals surface area contributed by atoms with Crippen LogP contribution in [0.4, 0.5) is 0 Å². The molecule has 0 spiro atoms. The number of thiophene rings is 1. The lowest BCUT2D eigenvalue weighted by atomic mass is 9.90. The van der Waals surface area contributed by atoms with Gasteiger partial charge in [0, 0.05) is 24.0 Å². The van der Waals surface area contributed by atoms with Gasteiger partial charge in [0.25, 0.3) is 5.91 Å². The van der Waals surface area contributed by atoms with Crippen molar-refractivity contribution in [1.82, 2.24) is 10.1 Å². The summed E-state index contributed by atoms with van der Waals surface area (Å²) in [7, 11) is 0. The minimum Gasteiger partial charge on any atom is -0.387 e. The molecule has 0 unspecified atom stereocenters. The second-order valence-corrected chi connectivity index (χ2v) is 7.34. The van der Waals surface area contributed by atoms with Gasteiger partial charge in [0.2, 0.25) is 5.76 Å². The van der Waals surface area contributed by atoms with Gasteiger partial charge in [-0.05, 0) is 36.1 Å². The summed E-state index contributed by atoms with van der Waals surface area (Å²) in [5, 5.41) is 16.3. The number of carbonyl (C=O) groups is 1. The van der Waals surface area contributed by atoms with Crippen LogP contribution in [0.15, 0.2) is 28.1 Å². The van der Waals surface area contributed by atoms with Crippen LogP contribution < -0.4 is 0 Å². The van der Waals surface area contributed by atoms with Crippen molar-refractivity contribution >= 4 is 17.2 Å². The van der Waals surface area contributed by atoms with Gasteiger partial charge in [0.1, 0.15) is 0 Å². The van der Waals surface area contributed by atoms with Crippen molar-refractivity contribution in [3.63, 3.8) is 0 Å². The number of piperidine rings is 1. The fourth-order valence-corrected chi connectivity index (χ4v) is 3.73. The van der Waals surface area contributed by atoms with Gasteiger partial charge in [-0.3, -0.25) is 4.79 Å². The predicted molar refractivity (Wildman–Crippen MR) is 88.5 cm³/mol. The first-order chi connectivity index (χ1) is 11.1. The molecule has 1 amide bonds. The van der Waals surface area contributed by atoms with E-state index in [0.717, 1.165) is 23.4 Å². The first-order valence-corrected chi connectivity index (χ1v) is 8.91. The average molecular weight is 334 g/mol. The largest absolute Gasteiger partial charge is 0.387 e. The number of carbonyl (C=O) groups excluding carboxylic acids is 1. The zero-order chi connectivity index (χ0) is 16.4. The lowest BCUT2D eigenvalue weighted by Crippen LogP contribution is -2.39. The number of hydrogen-bond acceptors (Lipinski definition) is 5. The lowest BCUT2D eigenvalue weighted by Gasteiger charge is -2.33. The van der Waals surface area contributed by atoms with E-state index in [2.05, 4.69) is 5.16 Å². The second-order valence-electron chi connectivity index (χ2n) is 6.36. The van der Waals surface area contributed by atoms with Crippen molar-refractivity contribution in [2.24, 2.45) is 5.92 Å². The number of likely N-dealkylation sites (tertiary alicyclic amines) is 1. The van der Waals surface area contributed by atoms with E-state index >= 15 is 0 Å². The van der Waals surface area contributed by atoms with Crippen LogP contribution in [0.3, 0.4) is 0 Å². The van der Waals surface area contributed by atoms with Crippen LogP contribution in [0.2, 0.25) is 0 Å². The molecule has 2 aromatic rings. The first-order valence-electron chi connectivity index (χ1n) is 8.03. The highest BCUT2D eigenvalue weighted by Crippen LogP contribution is 2.33. The number of amides is 1. The Balaban J connectivity index is 1.58. The molecule has 1 aliphatic rings. The zero-order valence-corrected chi connectivity index (χ0v) is 14.3. The number of aliphatic hydroxyl groups is 1. The number of aromatic nitrogens is 1. The molecule has 1 atom stereocenters. The van der Waals surface area contributed by atoms with E-state index in [-0.39, 0.29) is 17.7 Å². The quantitative estimate of drug-likeness (QED) is 0.930. The number of nitrogens with zero attached hydrogens (tertiary/aromatic N) is 2. The Morgan fingerprint density at radius 1 is 1.43 bits per heavy atom. The molecule has 5 nitrogen and oxygen atoms in total. The summed E-state index contributed by atoms with van der Waals surface area (Å²) in [5.41, 5.74) is 0.802. The van der Waals surface area contributed by atoms with E-state index in [9.17, 15) is 9.90 Å². The van der Waals surface area contributed by atoms with Gasteiger partial charge in [0.05, 0.1) is 11.8 Å². The fourth-order valence-electron chi connectivity index (χ4n) is 2.93. The van der Waals surface area contributed by atoms with Crippen LogP contribution in [-0.2, 0) is 0 Å². The van der Waals surface area contributed by atoms with E-state index in [1.165, 1.54) is 0 Å². The summed E-state index contributed by atoms with van der Waals surface area (Å²) in [6, 6.07) is 5.66. The smallest absolute Gasteiger partial charge is 0.292 e. The highest BCUT2D eigenvalue weighted by Gasteiger charge is 2.30. The van der Waals surface area contributed by atoms with Gasteiger partial charge in [-0.25, -0.2) is 0 Å². The summed E-state index contributed by atoms with van der Waals surface area (Å²) in [6.45, 7) is 5.32. The predicted octanol–water partition coefficient (Wildman–Crippen LogP) is 3.45. The molecule has 1 aliphatic heterocycles. The Morgan fingerprint density at radius 2 is 2.17 bits per heavy atom. The van der Waals surface area contributed by atoms with Gasteiger partial charge in [0.15, 0.2) is 0 Å². The standard InChI is InChI=1S/C17H22N2O3S/c1-11(2)13-10-14(22-18-13)17(21)19-7-5-12(6-8-19)16(20)15-4-3-9-23-15/h3-4,9-12,16,20H,5-8H2,1-2H3/t16-/m0/s1. The van der Waals surface area contributed by atoms with Crippen LogP contribution in [0.25, 0.3) is 0 Å². The van der Waals surface area contributed by atoms with E-state index in [1.54, 1.807) is 22.3 Å². The van der Waals surface area contributed by atoms with Gasteiger partial charge in [-0.2, -0.15) is 0 Å². The van der Waals surface area contributed by atoms with E-state index in [0.29, 0.717) is 18.8 Å². The monoisotopic (exact) mass is 334 g/mol. The number of aliphatic hydroxyl groups excluding tert-OH is 1. The summed E-state index contributed by atoms with van der Waals surface area (Å²) in [5.74, 6) is 0.657. The minimum atomic E-state index is -0.426. The number of hydrogen-bond donors (Lipinski definition) is 1. The average Bonchev–Trinajstić information content (AvgIpc) is 3.25. The molecular formula is C17H22N2O3S. The van der Waals surface area contributed by atoms with E-state index < -0.39 is 6.10 Å². The van der Waals surface area contributed by atoms with Crippen molar-refractivity contribution in [3.05, 3.63) is 39.9 Å². The van der Waals surface area contributed by atoms with Crippen molar-refractivity contribution in [3.8, 4) is 0 Å². The van der Waals surface area contributed by atoms with Crippen LogP contribution in [0.1, 0.15) is 59.8 Å². The maximum absolute atomic E-state index is 12.5. The molecule has 6 heteroatoms. The third-order valence-electron chi connectivity index (χ3n) is 4.44. The van der Waals surface area contributed by atoms with Crippen molar-refractivity contribution < 1.29 is 14.4 Å². The van der Waals surface area contributed by atoms with Gasteiger partial charge < -0.3 is 14.5 Å². The molecule has 124 valence electrons. The zero-order valence-electron chi connectivity index (χ0n) is 13.4. The third kappa shape index (κ3) is 3.48. The summed E-state index contributed by atoms with van der Waals surface area (Å²) in [6.07, 6.45) is 1.18.